The van der Waals surface area contributed by atoms with Gasteiger partial charge < -0.3 is 5.73 Å². The summed E-state index contributed by atoms with van der Waals surface area (Å²) in [6, 6.07) is 10.1. The van der Waals surface area contributed by atoms with Gasteiger partial charge in [0.1, 0.15) is 0 Å². The third-order valence-corrected chi connectivity index (χ3v) is 5.01. The zero-order chi connectivity index (χ0) is 14.0. The van der Waals surface area contributed by atoms with E-state index in [2.05, 4.69) is 0 Å². The molecular weight excluding hydrogens is 325 g/mol. The number of rotatable bonds is 3. The minimum Gasteiger partial charge on any atom is -0.398 e. The first kappa shape index (κ1) is 14.7. The highest BCUT2D eigenvalue weighted by molar-refractivity contribution is 7.84. The van der Waals surface area contributed by atoms with Gasteiger partial charge in [-0.3, -0.25) is 4.21 Å². The van der Waals surface area contributed by atoms with Crippen LogP contribution in [0.1, 0.15) is 5.56 Å². The summed E-state index contributed by atoms with van der Waals surface area (Å²) in [4.78, 5) is 0.591. The van der Waals surface area contributed by atoms with Crippen molar-refractivity contribution in [1.82, 2.24) is 0 Å². The van der Waals surface area contributed by atoms with Gasteiger partial charge in [-0.2, -0.15) is 0 Å². The van der Waals surface area contributed by atoms with Gasteiger partial charge in [0.25, 0.3) is 0 Å². The summed E-state index contributed by atoms with van der Waals surface area (Å²) in [5, 5.41) is 1.31. The fraction of sp³-hybridized carbons (Fsp3) is 0.0769. The normalized spacial score (nSPS) is 12.4. The Hall–Kier alpha value is -0.740. The molecule has 100 valence electrons. The van der Waals surface area contributed by atoms with Gasteiger partial charge in [-0.25, -0.2) is 0 Å². The molecule has 0 saturated heterocycles. The first-order valence-electron chi connectivity index (χ1n) is 5.35. The highest BCUT2D eigenvalue weighted by Gasteiger charge is 2.12. The van der Waals surface area contributed by atoms with Crippen LogP contribution in [0, 0.1) is 0 Å². The van der Waals surface area contributed by atoms with Gasteiger partial charge in [0, 0.05) is 21.2 Å². The standard InChI is InChI=1S/C13H10Cl3NOS/c14-10-2-1-3-13(17)9(10)7-19(18)8-4-5-11(15)12(16)6-8/h1-6H,7,17H2. The molecule has 0 aliphatic carbocycles. The number of anilines is 1. The second kappa shape index (κ2) is 6.14. The zero-order valence-corrected chi connectivity index (χ0v) is 12.8. The molecule has 0 aromatic heterocycles. The zero-order valence-electron chi connectivity index (χ0n) is 9.70. The maximum atomic E-state index is 12.3. The van der Waals surface area contributed by atoms with E-state index in [4.69, 9.17) is 40.5 Å². The van der Waals surface area contributed by atoms with Crippen LogP contribution >= 0.6 is 34.8 Å². The van der Waals surface area contributed by atoms with E-state index in [-0.39, 0.29) is 5.75 Å². The van der Waals surface area contributed by atoms with E-state index >= 15 is 0 Å². The van der Waals surface area contributed by atoms with Crippen molar-refractivity contribution in [2.45, 2.75) is 10.6 Å². The second-order valence-corrected chi connectivity index (χ2v) is 6.55. The van der Waals surface area contributed by atoms with Crippen molar-refractivity contribution in [3.8, 4) is 0 Å². The molecule has 0 aliphatic rings. The lowest BCUT2D eigenvalue weighted by Crippen LogP contribution is -2.01. The van der Waals surface area contributed by atoms with Gasteiger partial charge >= 0.3 is 0 Å². The largest absolute Gasteiger partial charge is 0.398 e. The SMILES string of the molecule is Nc1cccc(Cl)c1CS(=O)c1ccc(Cl)c(Cl)c1. The summed E-state index contributed by atoms with van der Waals surface area (Å²) in [6.07, 6.45) is 0. The summed E-state index contributed by atoms with van der Waals surface area (Å²) in [5.41, 5.74) is 7.04. The van der Waals surface area contributed by atoms with Gasteiger partial charge in [-0.1, -0.05) is 40.9 Å². The van der Waals surface area contributed by atoms with Crippen molar-refractivity contribution in [3.63, 3.8) is 0 Å². The maximum Gasteiger partial charge on any atom is 0.0604 e. The Morgan fingerprint density at radius 3 is 2.37 bits per heavy atom. The van der Waals surface area contributed by atoms with Crippen LogP contribution in [0.25, 0.3) is 0 Å². The Balaban J connectivity index is 2.28. The van der Waals surface area contributed by atoms with Crippen LogP contribution in [0.4, 0.5) is 5.69 Å². The quantitative estimate of drug-likeness (QED) is 0.838. The van der Waals surface area contributed by atoms with Crippen LogP contribution < -0.4 is 5.73 Å². The van der Waals surface area contributed by atoms with Gasteiger partial charge in [0.2, 0.25) is 0 Å². The van der Waals surface area contributed by atoms with Crippen LogP contribution in [0.5, 0.6) is 0 Å². The predicted octanol–water partition coefficient (Wildman–Crippen LogP) is 4.54. The lowest BCUT2D eigenvalue weighted by Gasteiger charge is -2.08. The highest BCUT2D eigenvalue weighted by atomic mass is 35.5. The molecule has 2 aromatic rings. The first-order chi connectivity index (χ1) is 8.99. The fourth-order valence-corrected chi connectivity index (χ4v) is 3.47. The monoisotopic (exact) mass is 333 g/mol. The first-order valence-corrected chi connectivity index (χ1v) is 7.80. The molecule has 19 heavy (non-hydrogen) atoms. The van der Waals surface area contributed by atoms with E-state index in [0.717, 1.165) is 0 Å². The Morgan fingerprint density at radius 2 is 1.74 bits per heavy atom. The van der Waals surface area contributed by atoms with E-state index in [0.29, 0.717) is 31.2 Å². The number of nitrogens with two attached hydrogens (primary N) is 1. The summed E-state index contributed by atoms with van der Waals surface area (Å²) in [7, 11) is -1.28. The Bertz CT molecular complexity index is 626. The number of benzene rings is 2. The van der Waals surface area contributed by atoms with Gasteiger partial charge in [0.05, 0.1) is 26.6 Å². The molecule has 2 nitrogen and oxygen atoms in total. The third-order valence-electron chi connectivity index (χ3n) is 2.58. The van der Waals surface area contributed by atoms with Crippen molar-refractivity contribution < 1.29 is 4.21 Å². The van der Waals surface area contributed by atoms with Gasteiger partial charge in [0.15, 0.2) is 0 Å². The molecule has 1 atom stereocenters. The van der Waals surface area contributed by atoms with E-state index in [1.54, 1.807) is 36.4 Å². The number of halogens is 3. The van der Waals surface area contributed by atoms with Gasteiger partial charge in [-0.05, 0) is 30.3 Å². The molecule has 2 rings (SSSR count). The average molecular weight is 335 g/mol. The lowest BCUT2D eigenvalue weighted by molar-refractivity contribution is 0.682. The van der Waals surface area contributed by atoms with Crippen molar-refractivity contribution in [1.29, 1.82) is 0 Å². The molecule has 6 heteroatoms. The maximum absolute atomic E-state index is 12.3. The summed E-state index contributed by atoms with van der Waals surface area (Å²) < 4.78 is 12.3. The van der Waals surface area contributed by atoms with Crippen molar-refractivity contribution >= 4 is 51.3 Å². The molecule has 0 bridgehead atoms. The molecule has 1 unspecified atom stereocenters. The number of nitrogen functional groups attached to an aromatic ring is 1. The van der Waals surface area contributed by atoms with Crippen LogP contribution in [-0.2, 0) is 16.6 Å². The topological polar surface area (TPSA) is 43.1 Å². The van der Waals surface area contributed by atoms with Crippen LogP contribution in [0.2, 0.25) is 15.1 Å². The highest BCUT2D eigenvalue weighted by Crippen LogP contribution is 2.28. The van der Waals surface area contributed by atoms with Crippen molar-refractivity contribution in [2.75, 3.05) is 5.73 Å². The molecular formula is C13H10Cl3NOS. The minimum atomic E-state index is -1.28. The minimum absolute atomic E-state index is 0.240. The molecule has 0 amide bonds. The Kier molecular flexibility index (Phi) is 4.74. The average Bonchev–Trinajstić information content (AvgIpc) is 2.37. The van der Waals surface area contributed by atoms with Crippen LogP contribution in [0.3, 0.4) is 0 Å². The summed E-state index contributed by atoms with van der Waals surface area (Å²) in [6.45, 7) is 0. The third kappa shape index (κ3) is 3.42. The van der Waals surface area contributed by atoms with Gasteiger partial charge in [-0.15, -0.1) is 0 Å². The Morgan fingerprint density at radius 1 is 1.00 bits per heavy atom. The molecule has 0 radical (unpaired) electrons. The van der Waals surface area contributed by atoms with Crippen LogP contribution in [-0.4, -0.2) is 4.21 Å². The fourth-order valence-electron chi connectivity index (χ4n) is 1.56. The molecule has 0 spiro atoms. The molecule has 0 aliphatic heterocycles. The molecule has 2 N–H and O–H groups in total. The molecule has 0 heterocycles. The van der Waals surface area contributed by atoms with Crippen molar-refractivity contribution in [2.24, 2.45) is 0 Å². The second-order valence-electron chi connectivity index (χ2n) is 3.87. The van der Waals surface area contributed by atoms with Crippen molar-refractivity contribution in [3.05, 3.63) is 57.0 Å². The van der Waals surface area contributed by atoms with E-state index in [1.165, 1.54) is 0 Å². The molecule has 2 aromatic carbocycles. The Labute approximate surface area is 128 Å². The lowest BCUT2D eigenvalue weighted by atomic mass is 10.2. The summed E-state index contributed by atoms with van der Waals surface area (Å²) >= 11 is 17.8. The van der Waals surface area contributed by atoms with Crippen LogP contribution in [0.15, 0.2) is 41.3 Å². The van der Waals surface area contributed by atoms with E-state index in [1.807, 2.05) is 0 Å². The molecule has 0 fully saturated rings. The number of hydrogen-bond acceptors (Lipinski definition) is 2. The molecule has 0 saturated carbocycles. The summed E-state index contributed by atoms with van der Waals surface area (Å²) in [5.74, 6) is 0.240. The smallest absolute Gasteiger partial charge is 0.0604 e. The predicted molar refractivity (Wildman–Crippen MR) is 82.4 cm³/mol. The number of hydrogen-bond donors (Lipinski definition) is 1. The van der Waals surface area contributed by atoms with E-state index < -0.39 is 10.8 Å². The van der Waals surface area contributed by atoms with E-state index in [9.17, 15) is 4.21 Å².